The fraction of sp³-hybridized carbons (Fsp3) is 0.136. The van der Waals surface area contributed by atoms with Gasteiger partial charge in [0, 0.05) is 12.1 Å². The molecule has 0 aliphatic carbocycles. The van der Waals surface area contributed by atoms with Crippen LogP contribution in [0.2, 0.25) is 0 Å². The Morgan fingerprint density at radius 3 is 2.00 bits per heavy atom. The second-order valence-corrected chi connectivity index (χ2v) is 6.50. The van der Waals surface area contributed by atoms with Crippen molar-refractivity contribution in [2.75, 3.05) is 11.4 Å². The molecular weight excluding hydrogens is 294 g/mol. The molecule has 0 radical (unpaired) electrons. The Morgan fingerprint density at radius 2 is 1.38 bits per heavy atom. The highest BCUT2D eigenvalue weighted by Gasteiger charge is 2.55. The number of carbonyl (C=O) groups excluding carboxylic acids is 1. The molecule has 3 aromatic rings. The molecular formula is C22H17NO. The first-order chi connectivity index (χ1) is 11.8. The number of para-hydroxylation sites is 1. The summed E-state index contributed by atoms with van der Waals surface area (Å²) in [7, 11) is 0. The summed E-state index contributed by atoms with van der Waals surface area (Å²) in [5, 5.41) is 0. The van der Waals surface area contributed by atoms with Gasteiger partial charge in [0.15, 0.2) is 0 Å². The number of nitrogens with zero attached hydrogens (tertiary/aromatic N) is 1. The zero-order chi connectivity index (χ0) is 16.1. The van der Waals surface area contributed by atoms with Crippen molar-refractivity contribution >= 4 is 11.6 Å². The molecule has 2 nitrogen and oxygen atoms in total. The molecule has 2 aliphatic heterocycles. The summed E-state index contributed by atoms with van der Waals surface area (Å²) in [6.07, 6.45) is 0.953. The summed E-state index contributed by atoms with van der Waals surface area (Å²) >= 11 is 0. The normalized spacial score (nSPS) is 17.2. The second kappa shape index (κ2) is 4.81. The van der Waals surface area contributed by atoms with Gasteiger partial charge in [-0.25, -0.2) is 0 Å². The standard InChI is InChI=1S/C22H17NO/c24-21-22(17-9-3-1-4-10-17,18-11-5-2-6-12-18)19-13-7-8-16-14-15-23(21)20(16)19/h1-13H,14-15H2. The van der Waals surface area contributed by atoms with Crippen LogP contribution in [0.3, 0.4) is 0 Å². The zero-order valence-corrected chi connectivity index (χ0v) is 13.3. The van der Waals surface area contributed by atoms with Crippen LogP contribution in [-0.4, -0.2) is 12.5 Å². The molecule has 2 heteroatoms. The number of rotatable bonds is 2. The van der Waals surface area contributed by atoms with Crippen LogP contribution in [0.15, 0.2) is 78.9 Å². The highest BCUT2D eigenvalue weighted by Crippen LogP contribution is 2.53. The minimum Gasteiger partial charge on any atom is -0.310 e. The predicted molar refractivity (Wildman–Crippen MR) is 95.3 cm³/mol. The van der Waals surface area contributed by atoms with Crippen molar-refractivity contribution in [3.8, 4) is 0 Å². The molecule has 2 heterocycles. The van der Waals surface area contributed by atoms with Gasteiger partial charge >= 0.3 is 0 Å². The van der Waals surface area contributed by atoms with Crippen molar-refractivity contribution in [1.29, 1.82) is 0 Å². The summed E-state index contributed by atoms with van der Waals surface area (Å²) in [5.41, 5.74) is 4.91. The lowest BCUT2D eigenvalue weighted by Crippen LogP contribution is -2.42. The van der Waals surface area contributed by atoms with Crippen molar-refractivity contribution in [2.24, 2.45) is 0 Å². The lowest BCUT2D eigenvalue weighted by molar-refractivity contribution is -0.120. The molecule has 1 amide bonds. The molecule has 0 fully saturated rings. The molecule has 24 heavy (non-hydrogen) atoms. The van der Waals surface area contributed by atoms with Gasteiger partial charge in [-0.05, 0) is 23.1 Å². The first-order valence-electron chi connectivity index (χ1n) is 8.39. The summed E-state index contributed by atoms with van der Waals surface area (Å²) in [4.78, 5) is 15.7. The van der Waals surface area contributed by atoms with E-state index in [2.05, 4.69) is 42.5 Å². The highest BCUT2D eigenvalue weighted by molar-refractivity contribution is 6.14. The van der Waals surface area contributed by atoms with Crippen molar-refractivity contribution < 1.29 is 4.79 Å². The van der Waals surface area contributed by atoms with Gasteiger partial charge in [0.1, 0.15) is 5.41 Å². The average Bonchev–Trinajstić information content (AvgIpc) is 3.19. The van der Waals surface area contributed by atoms with E-state index in [9.17, 15) is 4.79 Å². The van der Waals surface area contributed by atoms with Crippen molar-refractivity contribution in [1.82, 2.24) is 0 Å². The maximum absolute atomic E-state index is 13.7. The minimum absolute atomic E-state index is 0.180. The zero-order valence-electron chi connectivity index (χ0n) is 13.3. The number of hydrogen-bond acceptors (Lipinski definition) is 1. The molecule has 0 N–H and O–H groups in total. The van der Waals surface area contributed by atoms with E-state index in [-0.39, 0.29) is 5.91 Å². The van der Waals surface area contributed by atoms with E-state index in [1.807, 2.05) is 41.3 Å². The van der Waals surface area contributed by atoms with E-state index < -0.39 is 5.41 Å². The Balaban J connectivity index is 1.91. The lowest BCUT2D eigenvalue weighted by Gasteiger charge is -2.30. The lowest BCUT2D eigenvalue weighted by atomic mass is 9.70. The molecule has 0 saturated heterocycles. The Hall–Kier alpha value is -2.87. The number of benzene rings is 3. The molecule has 116 valence electrons. The summed E-state index contributed by atoms with van der Waals surface area (Å²) in [5.74, 6) is 0.180. The highest BCUT2D eigenvalue weighted by atomic mass is 16.2. The van der Waals surface area contributed by atoms with Crippen LogP contribution in [0.5, 0.6) is 0 Å². The molecule has 2 aliphatic rings. The third-order valence-corrected chi connectivity index (χ3v) is 5.38. The van der Waals surface area contributed by atoms with Crippen LogP contribution in [0.25, 0.3) is 0 Å². The van der Waals surface area contributed by atoms with Crippen LogP contribution in [0.1, 0.15) is 22.3 Å². The molecule has 3 aromatic carbocycles. The summed E-state index contributed by atoms with van der Waals surface area (Å²) in [6.45, 7) is 0.784. The molecule has 0 bridgehead atoms. The van der Waals surface area contributed by atoms with Gasteiger partial charge < -0.3 is 4.90 Å². The van der Waals surface area contributed by atoms with Gasteiger partial charge in [0.2, 0.25) is 5.91 Å². The molecule has 0 unspecified atom stereocenters. The third kappa shape index (κ3) is 1.53. The molecule has 0 saturated carbocycles. The largest absolute Gasteiger partial charge is 0.310 e. The van der Waals surface area contributed by atoms with Gasteiger partial charge in [-0.1, -0.05) is 78.9 Å². The number of carbonyl (C=O) groups is 1. The Bertz CT molecular complexity index is 891. The fourth-order valence-corrected chi connectivity index (χ4v) is 4.38. The van der Waals surface area contributed by atoms with E-state index in [0.717, 1.165) is 35.3 Å². The number of anilines is 1. The first-order valence-corrected chi connectivity index (χ1v) is 8.39. The van der Waals surface area contributed by atoms with E-state index >= 15 is 0 Å². The summed E-state index contributed by atoms with van der Waals surface area (Å²) in [6, 6.07) is 26.8. The van der Waals surface area contributed by atoms with Crippen molar-refractivity contribution in [2.45, 2.75) is 11.8 Å². The predicted octanol–water partition coefficient (Wildman–Crippen LogP) is 3.92. The fourth-order valence-electron chi connectivity index (χ4n) is 4.38. The van der Waals surface area contributed by atoms with Gasteiger partial charge in [0.25, 0.3) is 0 Å². The van der Waals surface area contributed by atoms with E-state index in [0.29, 0.717) is 0 Å². The van der Waals surface area contributed by atoms with Gasteiger partial charge in [0.05, 0.1) is 5.69 Å². The van der Waals surface area contributed by atoms with Gasteiger partial charge in [-0.3, -0.25) is 4.79 Å². The number of hydrogen-bond donors (Lipinski definition) is 0. The smallest absolute Gasteiger partial charge is 0.246 e. The van der Waals surface area contributed by atoms with Crippen LogP contribution in [0, 0.1) is 0 Å². The molecule has 0 spiro atoms. The minimum atomic E-state index is -0.728. The molecule has 5 rings (SSSR count). The van der Waals surface area contributed by atoms with Crippen molar-refractivity contribution in [3.05, 3.63) is 101 Å². The third-order valence-electron chi connectivity index (χ3n) is 5.38. The monoisotopic (exact) mass is 311 g/mol. The van der Waals surface area contributed by atoms with E-state index in [1.54, 1.807) is 0 Å². The van der Waals surface area contributed by atoms with Crippen molar-refractivity contribution in [3.63, 3.8) is 0 Å². The molecule has 0 aromatic heterocycles. The van der Waals surface area contributed by atoms with E-state index in [4.69, 9.17) is 0 Å². The van der Waals surface area contributed by atoms with Crippen LogP contribution >= 0.6 is 0 Å². The Morgan fingerprint density at radius 1 is 0.750 bits per heavy atom. The second-order valence-electron chi connectivity index (χ2n) is 6.50. The van der Waals surface area contributed by atoms with Crippen LogP contribution in [-0.2, 0) is 16.6 Å². The van der Waals surface area contributed by atoms with E-state index in [1.165, 1.54) is 5.56 Å². The Labute approximate surface area is 141 Å². The first kappa shape index (κ1) is 13.6. The quantitative estimate of drug-likeness (QED) is 0.702. The maximum atomic E-state index is 13.7. The number of amides is 1. The van der Waals surface area contributed by atoms with Crippen LogP contribution in [0.4, 0.5) is 5.69 Å². The average molecular weight is 311 g/mol. The maximum Gasteiger partial charge on any atom is 0.246 e. The van der Waals surface area contributed by atoms with Gasteiger partial charge in [-0.15, -0.1) is 0 Å². The van der Waals surface area contributed by atoms with Gasteiger partial charge in [-0.2, -0.15) is 0 Å². The summed E-state index contributed by atoms with van der Waals surface area (Å²) < 4.78 is 0. The SMILES string of the molecule is O=C1N2CCc3cccc(c32)C1(c1ccccc1)c1ccccc1. The Kier molecular flexibility index (Phi) is 2.72. The topological polar surface area (TPSA) is 20.3 Å². The van der Waals surface area contributed by atoms with Crippen LogP contribution < -0.4 is 4.90 Å². The molecule has 0 atom stereocenters.